The van der Waals surface area contributed by atoms with E-state index >= 15 is 0 Å². The van der Waals surface area contributed by atoms with Gasteiger partial charge in [-0.15, -0.1) is 0 Å². The first-order valence-corrected chi connectivity index (χ1v) is 11.2. The maximum absolute atomic E-state index is 12.9. The number of anilines is 2. The Hall–Kier alpha value is -3.85. The molecule has 1 aliphatic heterocycles. The van der Waals surface area contributed by atoms with E-state index < -0.39 is 10.8 Å². The van der Waals surface area contributed by atoms with Crippen molar-refractivity contribution in [1.29, 1.82) is 0 Å². The molecule has 4 rings (SSSR count). The second-order valence-corrected chi connectivity index (χ2v) is 8.24. The van der Waals surface area contributed by atoms with Crippen LogP contribution in [-0.2, 0) is 4.79 Å². The smallest absolute Gasteiger partial charge is 0.291 e. The molecule has 2 amide bonds. The Morgan fingerprint density at radius 3 is 2.56 bits per heavy atom. The fraction of sp³-hybridized carbons (Fsp3) is 0.250. The molecule has 0 spiro atoms. The Morgan fingerprint density at radius 1 is 1.09 bits per heavy atom. The molecule has 1 aliphatic rings. The molecular formula is C24H23ClN4O5. The molecule has 0 bridgehead atoms. The van der Waals surface area contributed by atoms with Crippen molar-refractivity contribution in [2.45, 2.75) is 13.3 Å². The van der Waals surface area contributed by atoms with Crippen LogP contribution in [-0.4, -0.2) is 47.8 Å². The van der Waals surface area contributed by atoms with E-state index in [0.717, 1.165) is 5.69 Å². The first kappa shape index (κ1) is 23.3. The summed E-state index contributed by atoms with van der Waals surface area (Å²) in [5.41, 5.74) is 1.76. The number of carbonyl (C=O) groups is 2. The van der Waals surface area contributed by atoms with Crippen molar-refractivity contribution in [1.82, 2.24) is 4.90 Å². The van der Waals surface area contributed by atoms with Crippen LogP contribution in [0.25, 0.3) is 11.3 Å². The fourth-order valence-corrected chi connectivity index (χ4v) is 4.05. The zero-order valence-electron chi connectivity index (χ0n) is 18.5. The highest BCUT2D eigenvalue weighted by Crippen LogP contribution is 2.31. The van der Waals surface area contributed by atoms with Crippen LogP contribution in [0.5, 0.6) is 0 Å². The standard InChI is InChI=1S/C24H23ClN4O5/c1-2-23(30)28-12-10-27(11-13-28)20-7-6-17(25)15-19(20)26-24(31)22-9-8-21(34-22)16-4-3-5-18(14-16)29(32)33/h3-9,14-15H,2,10-13H2,1H3,(H,26,31). The Bertz CT molecular complexity index is 1230. The Morgan fingerprint density at radius 2 is 1.85 bits per heavy atom. The lowest BCUT2D eigenvalue weighted by atomic mass is 10.1. The molecule has 1 fully saturated rings. The average Bonchev–Trinajstić information content (AvgIpc) is 3.34. The molecule has 2 heterocycles. The number of amides is 2. The van der Waals surface area contributed by atoms with Crippen molar-refractivity contribution < 1.29 is 18.9 Å². The number of halogens is 1. The predicted molar refractivity (Wildman–Crippen MR) is 129 cm³/mol. The number of hydrogen-bond donors (Lipinski definition) is 1. The number of carbonyl (C=O) groups excluding carboxylic acids is 2. The highest BCUT2D eigenvalue weighted by molar-refractivity contribution is 6.31. The van der Waals surface area contributed by atoms with E-state index in [4.69, 9.17) is 16.0 Å². The van der Waals surface area contributed by atoms with Crippen LogP contribution in [0.3, 0.4) is 0 Å². The molecule has 3 aromatic rings. The number of non-ortho nitro benzene ring substituents is 1. The first-order chi connectivity index (χ1) is 16.4. The van der Waals surface area contributed by atoms with Gasteiger partial charge in [0.2, 0.25) is 5.91 Å². The predicted octanol–water partition coefficient (Wildman–Crippen LogP) is 4.82. The molecule has 0 unspecified atom stereocenters. The van der Waals surface area contributed by atoms with Crippen molar-refractivity contribution in [2.75, 3.05) is 36.4 Å². The van der Waals surface area contributed by atoms with Gasteiger partial charge >= 0.3 is 0 Å². The first-order valence-electron chi connectivity index (χ1n) is 10.8. The molecule has 0 saturated carbocycles. The van der Waals surface area contributed by atoms with Crippen LogP contribution in [0.2, 0.25) is 5.02 Å². The fourth-order valence-electron chi connectivity index (χ4n) is 3.88. The summed E-state index contributed by atoms with van der Waals surface area (Å²) in [6, 6.07) is 14.4. The minimum Gasteiger partial charge on any atom is -0.451 e. The summed E-state index contributed by atoms with van der Waals surface area (Å²) < 4.78 is 5.68. The SMILES string of the molecule is CCC(=O)N1CCN(c2ccc(Cl)cc2NC(=O)c2ccc(-c3cccc([N+](=O)[O-])c3)o2)CC1. The Balaban J connectivity index is 1.51. The van der Waals surface area contributed by atoms with Gasteiger partial charge in [-0.05, 0) is 30.3 Å². The molecule has 176 valence electrons. The van der Waals surface area contributed by atoms with Gasteiger partial charge in [0.15, 0.2) is 5.76 Å². The minimum atomic E-state index is -0.487. The molecule has 1 saturated heterocycles. The van der Waals surface area contributed by atoms with Crippen molar-refractivity contribution in [2.24, 2.45) is 0 Å². The monoisotopic (exact) mass is 482 g/mol. The zero-order chi connectivity index (χ0) is 24.2. The molecular weight excluding hydrogens is 460 g/mol. The summed E-state index contributed by atoms with van der Waals surface area (Å²) >= 11 is 6.19. The molecule has 0 atom stereocenters. The highest BCUT2D eigenvalue weighted by Gasteiger charge is 2.23. The number of furan rings is 1. The number of nitro benzene ring substituents is 1. The Labute approximate surface area is 201 Å². The van der Waals surface area contributed by atoms with Crippen molar-refractivity contribution in [3.05, 3.63) is 75.5 Å². The van der Waals surface area contributed by atoms with Crippen LogP contribution in [0.1, 0.15) is 23.9 Å². The quantitative estimate of drug-likeness (QED) is 0.398. The van der Waals surface area contributed by atoms with Gasteiger partial charge in [-0.2, -0.15) is 0 Å². The van der Waals surface area contributed by atoms with E-state index in [9.17, 15) is 19.7 Å². The number of nitrogens with one attached hydrogen (secondary N) is 1. The highest BCUT2D eigenvalue weighted by atomic mass is 35.5. The number of benzene rings is 2. The number of nitrogens with zero attached hydrogens (tertiary/aromatic N) is 3. The lowest BCUT2D eigenvalue weighted by molar-refractivity contribution is -0.384. The number of rotatable bonds is 6. The third-order valence-electron chi connectivity index (χ3n) is 5.65. The van der Waals surface area contributed by atoms with Crippen LogP contribution in [0.15, 0.2) is 59.0 Å². The van der Waals surface area contributed by atoms with Crippen molar-refractivity contribution in [3.63, 3.8) is 0 Å². The molecule has 2 aromatic carbocycles. The number of nitro groups is 1. The molecule has 1 aromatic heterocycles. The van der Waals surface area contributed by atoms with E-state index in [0.29, 0.717) is 54.6 Å². The minimum absolute atomic E-state index is 0.0609. The second-order valence-electron chi connectivity index (χ2n) is 7.81. The molecule has 9 nitrogen and oxygen atoms in total. The van der Waals surface area contributed by atoms with Crippen LogP contribution in [0.4, 0.5) is 17.1 Å². The third-order valence-corrected chi connectivity index (χ3v) is 5.89. The number of piperazine rings is 1. The van der Waals surface area contributed by atoms with E-state index in [1.54, 1.807) is 30.3 Å². The molecule has 0 aliphatic carbocycles. The van der Waals surface area contributed by atoms with Gasteiger partial charge in [-0.25, -0.2) is 0 Å². The molecule has 10 heteroatoms. The van der Waals surface area contributed by atoms with Crippen molar-refractivity contribution >= 4 is 40.5 Å². The van der Waals surface area contributed by atoms with Gasteiger partial charge in [-0.1, -0.05) is 30.7 Å². The average molecular weight is 483 g/mol. The van der Waals surface area contributed by atoms with E-state index in [2.05, 4.69) is 10.2 Å². The summed E-state index contributed by atoms with van der Waals surface area (Å²) in [5.74, 6) is 0.0596. The number of hydrogen-bond acceptors (Lipinski definition) is 6. The van der Waals surface area contributed by atoms with Crippen LogP contribution >= 0.6 is 11.6 Å². The normalized spacial score (nSPS) is 13.6. The van der Waals surface area contributed by atoms with Crippen molar-refractivity contribution in [3.8, 4) is 11.3 Å². The lowest BCUT2D eigenvalue weighted by Crippen LogP contribution is -2.48. The van der Waals surface area contributed by atoms with Gasteiger partial charge < -0.3 is 19.5 Å². The molecule has 34 heavy (non-hydrogen) atoms. The van der Waals surface area contributed by atoms with Gasteiger partial charge in [0, 0.05) is 55.3 Å². The molecule has 1 N–H and O–H groups in total. The summed E-state index contributed by atoms with van der Waals surface area (Å²) in [4.78, 5) is 39.4. The Kier molecular flexibility index (Phi) is 6.83. The maximum Gasteiger partial charge on any atom is 0.291 e. The molecule has 0 radical (unpaired) electrons. The lowest BCUT2D eigenvalue weighted by Gasteiger charge is -2.37. The topological polar surface area (TPSA) is 109 Å². The summed E-state index contributed by atoms with van der Waals surface area (Å²) in [6.45, 7) is 4.32. The largest absolute Gasteiger partial charge is 0.451 e. The van der Waals surface area contributed by atoms with Gasteiger partial charge in [0.1, 0.15) is 5.76 Å². The van der Waals surface area contributed by atoms with E-state index in [1.165, 1.54) is 18.2 Å². The second kappa shape index (κ2) is 9.96. The van der Waals surface area contributed by atoms with E-state index in [-0.39, 0.29) is 17.4 Å². The summed E-state index contributed by atoms with van der Waals surface area (Å²) in [5, 5.41) is 14.4. The van der Waals surface area contributed by atoms with Crippen LogP contribution < -0.4 is 10.2 Å². The van der Waals surface area contributed by atoms with Gasteiger partial charge in [0.25, 0.3) is 11.6 Å². The van der Waals surface area contributed by atoms with Crippen LogP contribution in [0, 0.1) is 10.1 Å². The third kappa shape index (κ3) is 5.04. The van der Waals surface area contributed by atoms with Gasteiger partial charge in [0.05, 0.1) is 16.3 Å². The zero-order valence-corrected chi connectivity index (χ0v) is 19.2. The maximum atomic E-state index is 12.9. The van der Waals surface area contributed by atoms with E-state index in [1.807, 2.05) is 17.9 Å². The summed E-state index contributed by atoms with van der Waals surface area (Å²) in [6.07, 6.45) is 0.476. The summed E-state index contributed by atoms with van der Waals surface area (Å²) in [7, 11) is 0. The van der Waals surface area contributed by atoms with Gasteiger partial charge in [-0.3, -0.25) is 19.7 Å².